The molecule has 0 saturated carbocycles. The Balaban J connectivity index is 1.70. The number of thioether (sulfide) groups is 1. The van der Waals surface area contributed by atoms with Crippen LogP contribution in [0.1, 0.15) is 5.56 Å². The Morgan fingerprint density at radius 1 is 1.13 bits per heavy atom. The van der Waals surface area contributed by atoms with E-state index in [0.717, 1.165) is 27.5 Å². The fourth-order valence-corrected chi connectivity index (χ4v) is 3.69. The molecule has 0 unspecified atom stereocenters. The quantitative estimate of drug-likeness (QED) is 0.794. The highest BCUT2D eigenvalue weighted by molar-refractivity contribution is 7.99. The van der Waals surface area contributed by atoms with Crippen LogP contribution < -0.4 is 4.74 Å². The van der Waals surface area contributed by atoms with Crippen LogP contribution in [0.5, 0.6) is 5.75 Å². The van der Waals surface area contributed by atoms with Gasteiger partial charge in [0.2, 0.25) is 0 Å². The van der Waals surface area contributed by atoms with E-state index in [1.807, 2.05) is 48.5 Å². The molecule has 3 aromatic rings. The van der Waals surface area contributed by atoms with Crippen molar-refractivity contribution in [2.75, 3.05) is 20.3 Å². The Morgan fingerprint density at radius 2 is 1.91 bits per heavy atom. The minimum atomic E-state index is -0.848. The number of benzene rings is 2. The van der Waals surface area contributed by atoms with Gasteiger partial charge in [-0.1, -0.05) is 30.3 Å². The third kappa shape index (κ3) is 2.69. The van der Waals surface area contributed by atoms with Crippen molar-refractivity contribution in [1.29, 1.82) is 0 Å². The fourth-order valence-electron chi connectivity index (χ4n) is 2.59. The van der Waals surface area contributed by atoms with Gasteiger partial charge in [-0.25, -0.2) is 4.98 Å². The summed E-state index contributed by atoms with van der Waals surface area (Å²) in [7, 11) is 1.65. The van der Waals surface area contributed by atoms with Gasteiger partial charge < -0.3 is 19.2 Å². The van der Waals surface area contributed by atoms with Gasteiger partial charge in [-0.3, -0.25) is 0 Å². The minimum Gasteiger partial charge on any atom is -0.497 e. The molecule has 1 N–H and O–H groups in total. The van der Waals surface area contributed by atoms with Crippen molar-refractivity contribution < 1.29 is 14.2 Å². The molecular formula is C17H16N2O3S. The summed E-state index contributed by atoms with van der Waals surface area (Å²) < 4.78 is 17.1. The maximum atomic E-state index is 5.93. The number of aromatic nitrogens is 2. The van der Waals surface area contributed by atoms with Crippen LogP contribution >= 0.6 is 11.8 Å². The lowest BCUT2D eigenvalue weighted by Gasteiger charge is -2.25. The largest absolute Gasteiger partial charge is 0.497 e. The second kappa shape index (κ2) is 5.88. The van der Waals surface area contributed by atoms with Gasteiger partial charge in [-0.2, -0.15) is 0 Å². The molecule has 5 nitrogen and oxygen atoms in total. The summed E-state index contributed by atoms with van der Waals surface area (Å²) in [6.07, 6.45) is 0. The molecule has 0 radical (unpaired) electrons. The van der Waals surface area contributed by atoms with E-state index in [4.69, 9.17) is 14.2 Å². The van der Waals surface area contributed by atoms with Crippen molar-refractivity contribution in [3.63, 3.8) is 0 Å². The molecule has 4 rings (SSSR count). The Bertz CT molecular complexity index is 813. The summed E-state index contributed by atoms with van der Waals surface area (Å²) in [6.45, 7) is 1.13. The summed E-state index contributed by atoms with van der Waals surface area (Å²) in [5, 5.41) is -0.0989. The van der Waals surface area contributed by atoms with Gasteiger partial charge in [0, 0.05) is 11.6 Å². The fraction of sp³-hybridized carbons (Fsp3) is 0.235. The number of hydrogen-bond acceptors (Lipinski definition) is 5. The zero-order chi connectivity index (χ0) is 15.7. The summed E-state index contributed by atoms with van der Waals surface area (Å²) in [6, 6.07) is 15.7. The smallest absolute Gasteiger partial charge is 0.253 e. The van der Waals surface area contributed by atoms with Gasteiger partial charge in [0.05, 0.1) is 31.4 Å². The summed E-state index contributed by atoms with van der Waals surface area (Å²) in [4.78, 5) is 7.92. The zero-order valence-corrected chi connectivity index (χ0v) is 13.4. The summed E-state index contributed by atoms with van der Waals surface area (Å²) in [5.74, 6) is 0.795. The van der Waals surface area contributed by atoms with Crippen LogP contribution in [0, 0.1) is 0 Å². The SMILES string of the molecule is COc1ccc2nc(SC3(c4ccccc4)OCCO3)[nH]c2c1. The van der Waals surface area contributed by atoms with Crippen LogP contribution in [0.4, 0.5) is 0 Å². The van der Waals surface area contributed by atoms with Crippen molar-refractivity contribution in [1.82, 2.24) is 9.97 Å². The van der Waals surface area contributed by atoms with Crippen LogP contribution in [-0.4, -0.2) is 30.3 Å². The van der Waals surface area contributed by atoms with Gasteiger partial charge in [0.15, 0.2) is 5.16 Å². The summed E-state index contributed by atoms with van der Waals surface area (Å²) >= 11 is 1.44. The van der Waals surface area contributed by atoms with Crippen LogP contribution in [-0.2, 0) is 14.6 Å². The average Bonchev–Trinajstić information content (AvgIpc) is 3.22. The molecular weight excluding hydrogens is 312 g/mol. The van der Waals surface area contributed by atoms with Crippen LogP contribution in [0.3, 0.4) is 0 Å². The standard InChI is InChI=1S/C17H16N2O3S/c1-20-13-7-8-14-15(11-13)19-16(18-14)23-17(21-9-10-22-17)12-5-3-2-4-6-12/h2-8,11H,9-10H2,1H3,(H,18,19). The number of rotatable bonds is 4. The normalized spacial score (nSPS) is 16.7. The van der Waals surface area contributed by atoms with Crippen LogP contribution in [0.15, 0.2) is 53.7 Å². The molecule has 23 heavy (non-hydrogen) atoms. The van der Waals surface area contributed by atoms with E-state index in [2.05, 4.69) is 9.97 Å². The highest BCUT2D eigenvalue weighted by atomic mass is 32.2. The minimum absolute atomic E-state index is 0.565. The lowest BCUT2D eigenvalue weighted by atomic mass is 10.2. The van der Waals surface area contributed by atoms with Crippen molar-refractivity contribution in [2.24, 2.45) is 0 Å². The number of ether oxygens (including phenoxy) is 3. The first-order chi connectivity index (χ1) is 11.3. The van der Waals surface area contributed by atoms with Crippen molar-refractivity contribution >= 4 is 22.8 Å². The highest BCUT2D eigenvalue weighted by Gasteiger charge is 2.41. The maximum Gasteiger partial charge on any atom is 0.253 e. The number of hydrogen-bond donors (Lipinski definition) is 1. The molecule has 2 heterocycles. The van der Waals surface area contributed by atoms with Gasteiger partial charge in [0.25, 0.3) is 5.12 Å². The molecule has 2 aromatic carbocycles. The predicted molar refractivity (Wildman–Crippen MR) is 88.5 cm³/mol. The number of imidazole rings is 1. The van der Waals surface area contributed by atoms with E-state index in [-0.39, 0.29) is 0 Å². The lowest BCUT2D eigenvalue weighted by molar-refractivity contribution is -0.0817. The van der Waals surface area contributed by atoms with E-state index in [0.29, 0.717) is 13.2 Å². The molecule has 1 aliphatic heterocycles. The number of H-pyrrole nitrogens is 1. The second-order valence-corrected chi connectivity index (χ2v) is 6.27. The number of nitrogens with zero attached hydrogens (tertiary/aromatic N) is 1. The summed E-state index contributed by atoms with van der Waals surface area (Å²) in [5.41, 5.74) is 2.78. The third-order valence-corrected chi connectivity index (χ3v) is 4.82. The topological polar surface area (TPSA) is 56.4 Å². The van der Waals surface area contributed by atoms with Gasteiger partial charge in [-0.05, 0) is 23.9 Å². The number of fused-ring (bicyclic) bond motifs is 1. The molecule has 1 saturated heterocycles. The van der Waals surface area contributed by atoms with E-state index in [1.165, 1.54) is 11.8 Å². The first-order valence-corrected chi connectivity index (χ1v) is 8.17. The molecule has 6 heteroatoms. The Labute approximate surface area is 138 Å². The third-order valence-electron chi connectivity index (χ3n) is 3.69. The average molecular weight is 328 g/mol. The molecule has 118 valence electrons. The molecule has 1 aliphatic rings. The first-order valence-electron chi connectivity index (χ1n) is 7.35. The first kappa shape index (κ1) is 14.6. The van der Waals surface area contributed by atoms with Crippen LogP contribution in [0.25, 0.3) is 11.0 Å². The van der Waals surface area contributed by atoms with E-state index < -0.39 is 5.12 Å². The van der Waals surface area contributed by atoms with E-state index in [1.54, 1.807) is 7.11 Å². The maximum absolute atomic E-state index is 5.93. The van der Waals surface area contributed by atoms with Gasteiger partial charge >= 0.3 is 0 Å². The second-order valence-electron chi connectivity index (χ2n) is 5.15. The van der Waals surface area contributed by atoms with E-state index >= 15 is 0 Å². The Kier molecular flexibility index (Phi) is 3.72. The van der Waals surface area contributed by atoms with Gasteiger partial charge in [0.1, 0.15) is 5.75 Å². The van der Waals surface area contributed by atoms with E-state index in [9.17, 15) is 0 Å². The van der Waals surface area contributed by atoms with Crippen molar-refractivity contribution in [3.05, 3.63) is 54.1 Å². The number of nitrogens with one attached hydrogen (secondary N) is 1. The Morgan fingerprint density at radius 3 is 2.65 bits per heavy atom. The van der Waals surface area contributed by atoms with Crippen molar-refractivity contribution in [2.45, 2.75) is 10.3 Å². The number of methoxy groups -OCH3 is 1. The van der Waals surface area contributed by atoms with Crippen molar-refractivity contribution in [3.8, 4) is 5.75 Å². The molecule has 1 aromatic heterocycles. The molecule has 0 atom stereocenters. The Hall–Kier alpha value is -2.02. The zero-order valence-electron chi connectivity index (χ0n) is 12.6. The predicted octanol–water partition coefficient (Wildman–Crippen LogP) is 3.52. The van der Waals surface area contributed by atoms with Gasteiger partial charge in [-0.15, -0.1) is 0 Å². The molecule has 0 amide bonds. The van der Waals surface area contributed by atoms with Crippen LogP contribution in [0.2, 0.25) is 0 Å². The lowest BCUT2D eigenvalue weighted by Crippen LogP contribution is -2.22. The number of aromatic amines is 1. The molecule has 0 spiro atoms. The highest BCUT2D eigenvalue weighted by Crippen LogP contribution is 2.45. The molecule has 1 fully saturated rings. The monoisotopic (exact) mass is 328 g/mol. The molecule has 0 bridgehead atoms. The molecule has 0 aliphatic carbocycles.